The zero-order valence-electron chi connectivity index (χ0n) is 15.4. The molecule has 0 spiro atoms. The van der Waals surface area contributed by atoms with Gasteiger partial charge in [0.05, 0.1) is 27.8 Å². The molecular weight excluding hydrogens is 360 g/mol. The summed E-state index contributed by atoms with van der Waals surface area (Å²) in [5.74, 6) is 0.702. The Hall–Kier alpha value is -2.99. The molecule has 0 atom stereocenters. The highest BCUT2D eigenvalue weighted by Crippen LogP contribution is 2.25. The van der Waals surface area contributed by atoms with Gasteiger partial charge in [0.25, 0.3) is 0 Å². The van der Waals surface area contributed by atoms with Crippen LogP contribution < -0.4 is 0 Å². The number of nitrogens with one attached hydrogen (secondary N) is 1. The van der Waals surface area contributed by atoms with E-state index in [2.05, 4.69) is 44.3 Å². The van der Waals surface area contributed by atoms with Crippen LogP contribution in [-0.2, 0) is 6.42 Å². The first-order chi connectivity index (χ1) is 13.0. The Morgan fingerprint density at radius 2 is 1.85 bits per heavy atom. The average Bonchev–Trinajstić information content (AvgIpc) is 3.17. The van der Waals surface area contributed by atoms with Crippen LogP contribution in [0.25, 0.3) is 17.1 Å². The lowest BCUT2D eigenvalue weighted by Crippen LogP contribution is -2.05. The molecule has 0 fully saturated rings. The zero-order valence-corrected chi connectivity index (χ0v) is 16.1. The van der Waals surface area contributed by atoms with Crippen LogP contribution in [0.1, 0.15) is 28.3 Å². The second kappa shape index (κ2) is 6.96. The van der Waals surface area contributed by atoms with Crippen molar-refractivity contribution in [2.24, 2.45) is 0 Å². The van der Waals surface area contributed by atoms with Crippen molar-refractivity contribution < 1.29 is 0 Å². The van der Waals surface area contributed by atoms with E-state index < -0.39 is 0 Å². The van der Waals surface area contributed by atoms with Gasteiger partial charge >= 0.3 is 0 Å². The lowest BCUT2D eigenvalue weighted by atomic mass is 10.1. The third kappa shape index (κ3) is 3.24. The molecule has 0 bridgehead atoms. The quantitative estimate of drug-likeness (QED) is 0.577. The molecule has 6 nitrogen and oxygen atoms in total. The molecule has 0 radical (unpaired) electrons. The summed E-state index contributed by atoms with van der Waals surface area (Å²) in [6.45, 7) is 5.88. The SMILES string of the molecule is Cc1nn(-c2cc(Cc3[nH]nc(-c4ccccc4)c3C)ncn2)c(C)c1Cl. The smallest absolute Gasteiger partial charge is 0.157 e. The van der Waals surface area contributed by atoms with Crippen molar-refractivity contribution >= 4 is 11.6 Å². The van der Waals surface area contributed by atoms with Crippen LogP contribution in [-0.4, -0.2) is 29.9 Å². The predicted molar refractivity (Wildman–Crippen MR) is 105 cm³/mol. The van der Waals surface area contributed by atoms with Gasteiger partial charge in [-0.1, -0.05) is 41.9 Å². The van der Waals surface area contributed by atoms with Crippen molar-refractivity contribution in [2.45, 2.75) is 27.2 Å². The Morgan fingerprint density at radius 1 is 1.07 bits per heavy atom. The molecule has 0 saturated heterocycles. The Kier molecular flexibility index (Phi) is 4.49. The highest BCUT2D eigenvalue weighted by molar-refractivity contribution is 6.31. The highest BCUT2D eigenvalue weighted by Gasteiger charge is 2.14. The number of nitrogens with zero attached hydrogens (tertiary/aromatic N) is 5. The minimum atomic E-state index is 0.633. The molecule has 0 aliphatic rings. The number of aromatic amines is 1. The third-order valence-electron chi connectivity index (χ3n) is 4.64. The molecule has 4 aromatic rings. The summed E-state index contributed by atoms with van der Waals surface area (Å²) in [7, 11) is 0. The maximum absolute atomic E-state index is 6.26. The van der Waals surface area contributed by atoms with Crippen molar-refractivity contribution in [3.05, 3.63) is 76.1 Å². The summed E-state index contributed by atoms with van der Waals surface area (Å²) >= 11 is 6.26. The minimum Gasteiger partial charge on any atom is -0.281 e. The highest BCUT2D eigenvalue weighted by atomic mass is 35.5. The lowest BCUT2D eigenvalue weighted by molar-refractivity contribution is 0.793. The Labute approximate surface area is 162 Å². The zero-order chi connectivity index (χ0) is 19.0. The predicted octanol–water partition coefficient (Wildman–Crippen LogP) is 4.22. The summed E-state index contributed by atoms with van der Waals surface area (Å²) in [5.41, 5.74) is 6.74. The van der Waals surface area contributed by atoms with Gasteiger partial charge in [0.15, 0.2) is 5.82 Å². The van der Waals surface area contributed by atoms with Gasteiger partial charge in [-0.15, -0.1) is 0 Å². The maximum atomic E-state index is 6.26. The fourth-order valence-corrected chi connectivity index (χ4v) is 3.23. The molecule has 0 aliphatic heterocycles. The summed E-state index contributed by atoms with van der Waals surface area (Å²) < 4.78 is 1.75. The molecule has 7 heteroatoms. The molecule has 136 valence electrons. The van der Waals surface area contributed by atoms with Crippen LogP contribution in [0.2, 0.25) is 5.02 Å². The van der Waals surface area contributed by atoms with E-state index in [1.54, 1.807) is 11.0 Å². The van der Waals surface area contributed by atoms with Crippen LogP contribution in [0, 0.1) is 20.8 Å². The molecule has 27 heavy (non-hydrogen) atoms. The number of aromatic nitrogens is 6. The van der Waals surface area contributed by atoms with E-state index in [1.165, 1.54) is 0 Å². The fraction of sp³-hybridized carbons (Fsp3) is 0.200. The summed E-state index contributed by atoms with van der Waals surface area (Å²) in [6.07, 6.45) is 2.19. The second-order valence-corrected chi connectivity index (χ2v) is 6.86. The number of hydrogen-bond acceptors (Lipinski definition) is 4. The molecule has 0 aliphatic carbocycles. The first-order valence-electron chi connectivity index (χ1n) is 8.67. The number of halogens is 1. The molecule has 0 amide bonds. The molecular formula is C20H19ClN6. The maximum Gasteiger partial charge on any atom is 0.157 e. The summed E-state index contributed by atoms with van der Waals surface area (Å²) in [4.78, 5) is 8.76. The van der Waals surface area contributed by atoms with Gasteiger partial charge in [0.1, 0.15) is 6.33 Å². The van der Waals surface area contributed by atoms with Gasteiger partial charge in [-0.2, -0.15) is 10.2 Å². The molecule has 3 aromatic heterocycles. The summed E-state index contributed by atoms with van der Waals surface area (Å²) in [6, 6.07) is 12.1. The van der Waals surface area contributed by atoms with Crippen LogP contribution >= 0.6 is 11.6 Å². The van der Waals surface area contributed by atoms with Crippen molar-refractivity contribution in [1.82, 2.24) is 29.9 Å². The van der Waals surface area contributed by atoms with Gasteiger partial charge in [0.2, 0.25) is 0 Å². The first-order valence-corrected chi connectivity index (χ1v) is 9.04. The average molecular weight is 379 g/mol. The largest absolute Gasteiger partial charge is 0.281 e. The number of hydrogen-bond donors (Lipinski definition) is 1. The van der Waals surface area contributed by atoms with E-state index in [-0.39, 0.29) is 0 Å². The summed E-state index contributed by atoms with van der Waals surface area (Å²) in [5, 5.41) is 12.8. The van der Waals surface area contributed by atoms with Gasteiger partial charge in [-0.05, 0) is 26.3 Å². The molecule has 1 N–H and O–H groups in total. The van der Waals surface area contributed by atoms with Gasteiger partial charge in [-0.3, -0.25) is 5.10 Å². The standard InChI is InChI=1S/C20H19ClN6/c1-12-17(24-25-20(12)15-7-5-4-6-8-15)9-16-10-18(23-11-22-16)27-14(3)19(21)13(2)26-27/h4-8,10-11H,9H2,1-3H3,(H,24,25). The van der Waals surface area contributed by atoms with Gasteiger partial charge in [0, 0.05) is 23.7 Å². The third-order valence-corrected chi connectivity index (χ3v) is 5.19. The van der Waals surface area contributed by atoms with E-state index in [9.17, 15) is 0 Å². The van der Waals surface area contributed by atoms with Crippen LogP contribution in [0.15, 0.2) is 42.7 Å². The second-order valence-electron chi connectivity index (χ2n) is 6.48. The Balaban J connectivity index is 1.65. The van der Waals surface area contributed by atoms with Gasteiger partial charge in [-0.25, -0.2) is 14.6 Å². The minimum absolute atomic E-state index is 0.633. The van der Waals surface area contributed by atoms with Crippen molar-refractivity contribution in [3.8, 4) is 17.1 Å². The van der Waals surface area contributed by atoms with Crippen LogP contribution in [0.4, 0.5) is 0 Å². The molecule has 0 unspecified atom stereocenters. The van der Waals surface area contributed by atoms with E-state index in [0.717, 1.165) is 39.6 Å². The monoisotopic (exact) mass is 378 g/mol. The Morgan fingerprint density at radius 3 is 2.56 bits per heavy atom. The lowest BCUT2D eigenvalue weighted by Gasteiger charge is -2.06. The van der Waals surface area contributed by atoms with E-state index in [1.807, 2.05) is 38.1 Å². The van der Waals surface area contributed by atoms with Gasteiger partial charge < -0.3 is 0 Å². The molecule has 1 aromatic carbocycles. The van der Waals surface area contributed by atoms with E-state index in [0.29, 0.717) is 17.3 Å². The van der Waals surface area contributed by atoms with E-state index in [4.69, 9.17) is 11.6 Å². The van der Waals surface area contributed by atoms with Crippen molar-refractivity contribution in [2.75, 3.05) is 0 Å². The first kappa shape index (κ1) is 17.4. The normalized spacial score (nSPS) is 11.1. The number of aryl methyl sites for hydroxylation is 1. The van der Waals surface area contributed by atoms with E-state index >= 15 is 0 Å². The van der Waals surface area contributed by atoms with Crippen molar-refractivity contribution in [3.63, 3.8) is 0 Å². The molecule has 3 heterocycles. The Bertz CT molecular complexity index is 1100. The fourth-order valence-electron chi connectivity index (χ4n) is 3.11. The topological polar surface area (TPSA) is 72.3 Å². The van der Waals surface area contributed by atoms with Crippen molar-refractivity contribution in [1.29, 1.82) is 0 Å². The number of H-pyrrole nitrogens is 1. The number of benzene rings is 1. The molecule has 0 saturated carbocycles. The van der Waals surface area contributed by atoms with Crippen LogP contribution in [0.3, 0.4) is 0 Å². The number of rotatable bonds is 4. The van der Waals surface area contributed by atoms with Crippen LogP contribution in [0.5, 0.6) is 0 Å². The molecule has 4 rings (SSSR count).